The van der Waals surface area contributed by atoms with Crippen LogP contribution in [0.3, 0.4) is 0 Å². The van der Waals surface area contributed by atoms with Gasteiger partial charge in [0.2, 0.25) is 0 Å². The summed E-state index contributed by atoms with van der Waals surface area (Å²) in [6, 6.07) is 6.01. The van der Waals surface area contributed by atoms with Gasteiger partial charge < -0.3 is 14.8 Å². The minimum Gasteiger partial charge on any atom is -0.493 e. The molecule has 0 amide bonds. The number of benzene rings is 1. The summed E-state index contributed by atoms with van der Waals surface area (Å²) in [6.07, 6.45) is 2.86. The standard InChI is InChI=1S/C16H22N2O2S/c1-4-7-19-14-6-5-13(9-17-3)16(8-14)20-11-15-10-18-12(2)21-15/h5-6,8,10,17H,4,7,9,11H2,1-3H3. The lowest BCUT2D eigenvalue weighted by molar-refractivity contribution is 0.294. The maximum absolute atomic E-state index is 5.96. The van der Waals surface area contributed by atoms with Gasteiger partial charge in [-0.1, -0.05) is 13.0 Å². The van der Waals surface area contributed by atoms with Gasteiger partial charge in [0.15, 0.2) is 0 Å². The summed E-state index contributed by atoms with van der Waals surface area (Å²) in [5, 5.41) is 4.22. The molecule has 0 aliphatic carbocycles. The molecular weight excluding hydrogens is 284 g/mol. The molecule has 0 spiro atoms. The molecule has 0 bridgehead atoms. The smallest absolute Gasteiger partial charge is 0.128 e. The van der Waals surface area contributed by atoms with Crippen LogP contribution in [0.5, 0.6) is 11.5 Å². The molecule has 0 unspecified atom stereocenters. The van der Waals surface area contributed by atoms with Crippen LogP contribution in [0.1, 0.15) is 28.8 Å². The molecule has 1 aromatic heterocycles. The van der Waals surface area contributed by atoms with Crippen LogP contribution in [-0.2, 0) is 13.2 Å². The predicted octanol–water partition coefficient (Wildman–Crippen LogP) is 3.54. The van der Waals surface area contributed by atoms with Crippen LogP contribution < -0.4 is 14.8 Å². The Morgan fingerprint density at radius 2 is 2.14 bits per heavy atom. The SMILES string of the molecule is CCCOc1ccc(CNC)c(OCc2cnc(C)s2)c1. The van der Waals surface area contributed by atoms with E-state index in [9.17, 15) is 0 Å². The molecule has 1 N–H and O–H groups in total. The van der Waals surface area contributed by atoms with Gasteiger partial charge in [-0.3, -0.25) is 0 Å². The summed E-state index contributed by atoms with van der Waals surface area (Å²) >= 11 is 1.66. The van der Waals surface area contributed by atoms with Gasteiger partial charge in [-0.25, -0.2) is 4.98 Å². The van der Waals surface area contributed by atoms with E-state index >= 15 is 0 Å². The number of aryl methyl sites for hydroxylation is 1. The van der Waals surface area contributed by atoms with Crippen molar-refractivity contribution < 1.29 is 9.47 Å². The van der Waals surface area contributed by atoms with Gasteiger partial charge in [0.25, 0.3) is 0 Å². The fraction of sp³-hybridized carbons (Fsp3) is 0.438. The molecule has 114 valence electrons. The lowest BCUT2D eigenvalue weighted by Crippen LogP contribution is -2.08. The molecule has 1 aromatic carbocycles. The largest absolute Gasteiger partial charge is 0.493 e. The Hall–Kier alpha value is -1.59. The van der Waals surface area contributed by atoms with E-state index in [1.54, 1.807) is 11.3 Å². The third kappa shape index (κ3) is 4.72. The van der Waals surface area contributed by atoms with Crippen molar-refractivity contribution >= 4 is 11.3 Å². The number of thiazole rings is 1. The minimum atomic E-state index is 0.541. The summed E-state index contributed by atoms with van der Waals surface area (Å²) in [7, 11) is 1.93. The molecular formula is C16H22N2O2S. The molecule has 5 heteroatoms. The highest BCUT2D eigenvalue weighted by Gasteiger charge is 2.07. The van der Waals surface area contributed by atoms with Gasteiger partial charge in [0.1, 0.15) is 18.1 Å². The van der Waals surface area contributed by atoms with E-state index in [4.69, 9.17) is 9.47 Å². The van der Waals surface area contributed by atoms with Crippen molar-refractivity contribution in [2.75, 3.05) is 13.7 Å². The van der Waals surface area contributed by atoms with Crippen molar-refractivity contribution in [1.29, 1.82) is 0 Å². The normalized spacial score (nSPS) is 10.6. The van der Waals surface area contributed by atoms with Crippen LogP contribution in [0, 0.1) is 6.92 Å². The zero-order valence-electron chi connectivity index (χ0n) is 12.8. The van der Waals surface area contributed by atoms with Gasteiger partial charge in [-0.15, -0.1) is 11.3 Å². The average Bonchev–Trinajstić information content (AvgIpc) is 2.90. The monoisotopic (exact) mass is 306 g/mol. The van der Waals surface area contributed by atoms with Crippen LogP contribution in [0.2, 0.25) is 0 Å². The van der Waals surface area contributed by atoms with E-state index in [2.05, 4.69) is 23.3 Å². The van der Waals surface area contributed by atoms with Crippen molar-refractivity contribution in [1.82, 2.24) is 10.3 Å². The third-order valence-electron chi connectivity index (χ3n) is 2.92. The predicted molar refractivity (Wildman–Crippen MR) is 86.2 cm³/mol. The van der Waals surface area contributed by atoms with Crippen LogP contribution in [-0.4, -0.2) is 18.6 Å². The highest BCUT2D eigenvalue weighted by molar-refractivity contribution is 7.11. The first kappa shape index (κ1) is 15.8. The Morgan fingerprint density at radius 3 is 2.81 bits per heavy atom. The minimum absolute atomic E-state index is 0.541. The van der Waals surface area contributed by atoms with Crippen molar-refractivity contribution in [2.45, 2.75) is 33.4 Å². The van der Waals surface area contributed by atoms with Gasteiger partial charge in [0.05, 0.1) is 16.5 Å². The number of ether oxygens (including phenoxy) is 2. The fourth-order valence-electron chi connectivity index (χ4n) is 1.94. The number of hydrogen-bond donors (Lipinski definition) is 1. The summed E-state index contributed by atoms with van der Waals surface area (Å²) in [6.45, 7) is 6.13. The van der Waals surface area contributed by atoms with E-state index in [0.29, 0.717) is 6.61 Å². The number of aromatic nitrogens is 1. The van der Waals surface area contributed by atoms with Crippen LogP contribution in [0.25, 0.3) is 0 Å². The van der Waals surface area contributed by atoms with E-state index in [0.717, 1.165) is 46.5 Å². The maximum atomic E-state index is 5.96. The number of nitrogens with zero attached hydrogens (tertiary/aromatic N) is 1. The molecule has 2 rings (SSSR count). The van der Waals surface area contributed by atoms with E-state index in [1.807, 2.05) is 32.3 Å². The van der Waals surface area contributed by atoms with Crippen LogP contribution in [0.15, 0.2) is 24.4 Å². The topological polar surface area (TPSA) is 43.4 Å². The molecule has 0 saturated heterocycles. The Kier molecular flexibility index (Phi) is 6.02. The molecule has 0 saturated carbocycles. The first-order chi connectivity index (χ1) is 10.2. The Morgan fingerprint density at radius 1 is 1.29 bits per heavy atom. The molecule has 0 aliphatic rings. The van der Waals surface area contributed by atoms with Crippen molar-refractivity contribution in [3.8, 4) is 11.5 Å². The quantitative estimate of drug-likeness (QED) is 0.810. The molecule has 0 radical (unpaired) electrons. The molecule has 4 nitrogen and oxygen atoms in total. The molecule has 0 fully saturated rings. The van der Waals surface area contributed by atoms with Crippen molar-refractivity contribution in [2.24, 2.45) is 0 Å². The molecule has 1 heterocycles. The maximum Gasteiger partial charge on any atom is 0.128 e. The second kappa shape index (κ2) is 8.00. The van der Waals surface area contributed by atoms with Gasteiger partial charge in [-0.05, 0) is 26.5 Å². The molecule has 0 atom stereocenters. The fourth-order valence-corrected chi connectivity index (χ4v) is 2.64. The third-order valence-corrected chi connectivity index (χ3v) is 3.80. The first-order valence-electron chi connectivity index (χ1n) is 7.17. The van der Waals surface area contributed by atoms with E-state index in [1.165, 1.54) is 0 Å². The summed E-state index contributed by atoms with van der Waals surface area (Å²) in [4.78, 5) is 5.37. The van der Waals surface area contributed by atoms with E-state index in [-0.39, 0.29) is 0 Å². The molecule has 0 aliphatic heterocycles. The summed E-state index contributed by atoms with van der Waals surface area (Å²) in [5.74, 6) is 1.72. The lowest BCUT2D eigenvalue weighted by Gasteiger charge is -2.13. The Bertz CT molecular complexity index is 569. The first-order valence-corrected chi connectivity index (χ1v) is 7.99. The van der Waals surface area contributed by atoms with Crippen LogP contribution in [0.4, 0.5) is 0 Å². The zero-order chi connectivity index (χ0) is 15.1. The number of nitrogens with one attached hydrogen (secondary N) is 1. The number of hydrogen-bond acceptors (Lipinski definition) is 5. The van der Waals surface area contributed by atoms with Gasteiger partial charge in [-0.2, -0.15) is 0 Å². The second-order valence-corrected chi connectivity index (χ2v) is 6.10. The number of rotatable bonds is 8. The molecule has 21 heavy (non-hydrogen) atoms. The highest BCUT2D eigenvalue weighted by Crippen LogP contribution is 2.26. The van der Waals surface area contributed by atoms with Crippen LogP contribution >= 0.6 is 11.3 Å². The second-order valence-electron chi connectivity index (χ2n) is 4.78. The highest BCUT2D eigenvalue weighted by atomic mass is 32.1. The average molecular weight is 306 g/mol. The lowest BCUT2D eigenvalue weighted by atomic mass is 10.2. The zero-order valence-corrected chi connectivity index (χ0v) is 13.6. The summed E-state index contributed by atoms with van der Waals surface area (Å²) < 4.78 is 11.6. The van der Waals surface area contributed by atoms with E-state index < -0.39 is 0 Å². The van der Waals surface area contributed by atoms with Crippen molar-refractivity contribution in [3.63, 3.8) is 0 Å². The Labute approximate surface area is 130 Å². The van der Waals surface area contributed by atoms with Crippen molar-refractivity contribution in [3.05, 3.63) is 39.8 Å². The van der Waals surface area contributed by atoms with Gasteiger partial charge >= 0.3 is 0 Å². The Balaban J connectivity index is 2.09. The molecule has 2 aromatic rings. The summed E-state index contributed by atoms with van der Waals surface area (Å²) in [5.41, 5.74) is 1.13. The van der Waals surface area contributed by atoms with Gasteiger partial charge in [0, 0.05) is 24.4 Å².